The Bertz CT molecular complexity index is 612. The fourth-order valence-electron chi connectivity index (χ4n) is 2.97. The van der Waals surface area contributed by atoms with Gasteiger partial charge in [-0.3, -0.25) is 4.98 Å². The van der Waals surface area contributed by atoms with Gasteiger partial charge in [-0.15, -0.1) is 0 Å². The number of β-amino-alcohol motifs (C(OH)–C–C–N with tert-alkyl or cyclic N) is 1. The van der Waals surface area contributed by atoms with Gasteiger partial charge in [-0.25, -0.2) is 4.79 Å². The third-order valence-corrected chi connectivity index (χ3v) is 4.69. The Kier molecular flexibility index (Phi) is 5.78. The molecule has 1 amide bonds. The first kappa shape index (κ1) is 20.1. The highest BCUT2D eigenvalue weighted by molar-refractivity contribution is 9.10. The number of likely N-dealkylation sites (tertiary alicyclic amines) is 1. The highest BCUT2D eigenvalue weighted by Crippen LogP contribution is 2.42. The van der Waals surface area contributed by atoms with Crippen LogP contribution in [0.15, 0.2) is 22.8 Å². The molecule has 1 aliphatic rings. The highest BCUT2D eigenvalue weighted by atomic mass is 79.9. The SMILES string of the molecule is COC1(OC)CCN(C(=O)OC(C)(C)C)CC1(O)c1ccc(Br)cn1. The third-order valence-electron chi connectivity index (χ3n) is 4.22. The van der Waals surface area contributed by atoms with E-state index < -0.39 is 23.1 Å². The van der Waals surface area contributed by atoms with E-state index in [1.54, 1.807) is 39.1 Å². The van der Waals surface area contributed by atoms with E-state index in [1.807, 2.05) is 0 Å². The van der Waals surface area contributed by atoms with Gasteiger partial charge in [0.05, 0.1) is 12.2 Å². The summed E-state index contributed by atoms with van der Waals surface area (Å²) in [7, 11) is 2.94. The summed E-state index contributed by atoms with van der Waals surface area (Å²) < 4.78 is 17.3. The van der Waals surface area contributed by atoms with Crippen LogP contribution in [0, 0.1) is 0 Å². The quantitative estimate of drug-likeness (QED) is 0.762. The number of carbonyl (C=O) groups excluding carboxylic acids is 1. The number of ether oxygens (including phenoxy) is 3. The molecule has 0 aliphatic carbocycles. The monoisotopic (exact) mass is 416 g/mol. The normalized spacial score (nSPS) is 23.4. The molecule has 7 nitrogen and oxygen atoms in total. The van der Waals surface area contributed by atoms with Gasteiger partial charge < -0.3 is 24.2 Å². The standard InChI is InChI=1S/C17H25BrN2O5/c1-15(2,3)25-14(21)20-9-8-17(23-4,24-5)16(22,11-20)13-7-6-12(18)10-19-13/h6-7,10,22H,8-9,11H2,1-5H3. The van der Waals surface area contributed by atoms with Crippen molar-refractivity contribution in [3.63, 3.8) is 0 Å². The zero-order valence-corrected chi connectivity index (χ0v) is 16.8. The number of aromatic nitrogens is 1. The molecule has 1 aliphatic heterocycles. The molecule has 1 aromatic rings. The summed E-state index contributed by atoms with van der Waals surface area (Å²) in [5.74, 6) is -1.31. The molecule has 1 saturated heterocycles. The molecule has 25 heavy (non-hydrogen) atoms. The molecule has 1 atom stereocenters. The van der Waals surface area contributed by atoms with Gasteiger partial charge in [0.15, 0.2) is 5.60 Å². The van der Waals surface area contributed by atoms with Crippen LogP contribution in [-0.4, -0.2) is 59.8 Å². The van der Waals surface area contributed by atoms with Crippen molar-refractivity contribution in [1.29, 1.82) is 0 Å². The summed E-state index contributed by atoms with van der Waals surface area (Å²) in [5, 5.41) is 11.5. The van der Waals surface area contributed by atoms with Crippen molar-refractivity contribution in [1.82, 2.24) is 9.88 Å². The maximum absolute atomic E-state index is 12.5. The van der Waals surface area contributed by atoms with E-state index in [1.165, 1.54) is 19.1 Å². The Balaban J connectivity index is 2.38. The number of nitrogens with zero attached hydrogens (tertiary/aromatic N) is 2. The van der Waals surface area contributed by atoms with Gasteiger partial charge in [0.2, 0.25) is 5.79 Å². The number of rotatable bonds is 3. The minimum atomic E-state index is -1.65. The van der Waals surface area contributed by atoms with E-state index in [0.717, 1.165) is 4.47 Å². The summed E-state index contributed by atoms with van der Waals surface area (Å²) in [6.45, 7) is 5.66. The average Bonchev–Trinajstić information content (AvgIpc) is 2.54. The fourth-order valence-corrected chi connectivity index (χ4v) is 3.20. The average molecular weight is 417 g/mol. The predicted molar refractivity (Wildman–Crippen MR) is 95.0 cm³/mol. The first-order valence-corrected chi connectivity index (χ1v) is 8.79. The Morgan fingerprint density at radius 2 is 1.96 bits per heavy atom. The van der Waals surface area contributed by atoms with E-state index in [-0.39, 0.29) is 13.0 Å². The minimum absolute atomic E-state index is 0.0573. The molecule has 0 bridgehead atoms. The van der Waals surface area contributed by atoms with E-state index in [4.69, 9.17) is 14.2 Å². The third kappa shape index (κ3) is 3.97. The van der Waals surface area contributed by atoms with Crippen LogP contribution in [0.25, 0.3) is 0 Å². The molecule has 0 spiro atoms. The Labute approximate surface area is 156 Å². The maximum Gasteiger partial charge on any atom is 0.410 e. The summed E-state index contributed by atoms with van der Waals surface area (Å²) in [6, 6.07) is 3.44. The number of carbonyl (C=O) groups is 1. The van der Waals surface area contributed by atoms with Crippen molar-refractivity contribution in [3.05, 3.63) is 28.5 Å². The molecular weight excluding hydrogens is 392 g/mol. The highest BCUT2D eigenvalue weighted by Gasteiger charge is 2.58. The summed E-state index contributed by atoms with van der Waals surface area (Å²) in [5.41, 5.74) is -1.92. The minimum Gasteiger partial charge on any atom is -0.444 e. The molecule has 2 rings (SSSR count). The molecule has 1 aromatic heterocycles. The smallest absolute Gasteiger partial charge is 0.410 e. The Morgan fingerprint density at radius 1 is 1.32 bits per heavy atom. The van der Waals surface area contributed by atoms with E-state index in [0.29, 0.717) is 12.2 Å². The van der Waals surface area contributed by atoms with Crippen molar-refractivity contribution in [2.75, 3.05) is 27.3 Å². The zero-order valence-electron chi connectivity index (χ0n) is 15.2. The second kappa shape index (κ2) is 7.19. The van der Waals surface area contributed by atoms with E-state index in [2.05, 4.69) is 20.9 Å². The lowest BCUT2D eigenvalue weighted by atomic mass is 9.82. The van der Waals surface area contributed by atoms with Crippen LogP contribution in [0.1, 0.15) is 32.9 Å². The van der Waals surface area contributed by atoms with Gasteiger partial charge >= 0.3 is 6.09 Å². The molecule has 2 heterocycles. The van der Waals surface area contributed by atoms with Gasteiger partial charge in [0.25, 0.3) is 0 Å². The molecule has 1 N–H and O–H groups in total. The predicted octanol–water partition coefficient (Wildman–Crippen LogP) is 2.66. The van der Waals surface area contributed by atoms with Crippen LogP contribution >= 0.6 is 15.9 Å². The van der Waals surface area contributed by atoms with Crippen molar-refractivity contribution in [2.45, 2.75) is 44.2 Å². The van der Waals surface area contributed by atoms with Crippen LogP contribution in [-0.2, 0) is 19.8 Å². The fraction of sp³-hybridized carbons (Fsp3) is 0.647. The van der Waals surface area contributed by atoms with E-state index >= 15 is 0 Å². The van der Waals surface area contributed by atoms with Crippen molar-refractivity contribution < 1.29 is 24.1 Å². The summed E-state index contributed by atoms with van der Waals surface area (Å²) in [6.07, 6.45) is 1.35. The lowest BCUT2D eigenvalue weighted by molar-refractivity contribution is -0.327. The van der Waals surface area contributed by atoms with Crippen molar-refractivity contribution in [3.8, 4) is 0 Å². The molecular formula is C17H25BrN2O5. The number of hydrogen-bond acceptors (Lipinski definition) is 6. The van der Waals surface area contributed by atoms with Gasteiger partial charge in [0, 0.05) is 37.9 Å². The number of hydrogen-bond donors (Lipinski definition) is 1. The maximum atomic E-state index is 12.5. The number of methoxy groups -OCH3 is 2. The van der Waals surface area contributed by atoms with Crippen LogP contribution in [0.5, 0.6) is 0 Å². The number of halogens is 1. The first-order valence-electron chi connectivity index (χ1n) is 7.99. The molecule has 0 saturated carbocycles. The van der Waals surface area contributed by atoms with Crippen LogP contribution < -0.4 is 0 Å². The van der Waals surface area contributed by atoms with Crippen molar-refractivity contribution in [2.24, 2.45) is 0 Å². The van der Waals surface area contributed by atoms with Gasteiger partial charge in [-0.05, 0) is 48.8 Å². The van der Waals surface area contributed by atoms with Gasteiger partial charge in [-0.2, -0.15) is 0 Å². The Morgan fingerprint density at radius 3 is 2.44 bits per heavy atom. The summed E-state index contributed by atoms with van der Waals surface area (Å²) >= 11 is 3.33. The zero-order chi connectivity index (χ0) is 18.9. The lowest BCUT2D eigenvalue weighted by Gasteiger charge is -2.50. The molecule has 8 heteroatoms. The van der Waals surface area contributed by atoms with Crippen LogP contribution in [0.3, 0.4) is 0 Å². The number of aliphatic hydroxyl groups is 1. The number of piperidine rings is 1. The lowest BCUT2D eigenvalue weighted by Crippen LogP contribution is -2.65. The van der Waals surface area contributed by atoms with Gasteiger partial charge in [0.1, 0.15) is 5.60 Å². The largest absolute Gasteiger partial charge is 0.444 e. The first-order chi connectivity index (χ1) is 11.6. The molecule has 0 aromatic carbocycles. The van der Waals surface area contributed by atoms with Crippen molar-refractivity contribution >= 4 is 22.0 Å². The van der Waals surface area contributed by atoms with Gasteiger partial charge in [-0.1, -0.05) is 0 Å². The number of amides is 1. The molecule has 140 valence electrons. The van der Waals surface area contributed by atoms with Crippen LogP contribution in [0.2, 0.25) is 0 Å². The topological polar surface area (TPSA) is 81.1 Å². The van der Waals surface area contributed by atoms with Crippen LogP contribution in [0.4, 0.5) is 4.79 Å². The second-order valence-electron chi connectivity index (χ2n) is 7.03. The molecule has 0 radical (unpaired) electrons. The molecule has 1 unspecified atom stereocenters. The number of pyridine rings is 1. The van der Waals surface area contributed by atoms with E-state index in [9.17, 15) is 9.90 Å². The Hall–Kier alpha value is -1.22. The summed E-state index contributed by atoms with van der Waals surface area (Å²) in [4.78, 5) is 18.2. The molecule has 1 fully saturated rings. The second-order valence-corrected chi connectivity index (χ2v) is 7.95.